The number of nitrogens with two attached hydrogens (primary N) is 1. The van der Waals surface area contributed by atoms with Gasteiger partial charge in [0.25, 0.3) is 0 Å². The first-order valence-corrected chi connectivity index (χ1v) is 12.4. The largest absolute Gasteiger partial charge is 0.487 e. The second-order valence-electron chi connectivity index (χ2n) is 10.7. The van der Waals surface area contributed by atoms with Gasteiger partial charge in [0.2, 0.25) is 5.91 Å². The minimum absolute atomic E-state index is 0.0883. The van der Waals surface area contributed by atoms with E-state index in [1.165, 1.54) is 0 Å². The third-order valence-electron chi connectivity index (χ3n) is 8.62. The number of para-hydroxylation sites is 1. The predicted octanol–water partition coefficient (Wildman–Crippen LogP) is 5.31. The monoisotopic (exact) mass is 454 g/mol. The van der Waals surface area contributed by atoms with E-state index in [4.69, 9.17) is 15.5 Å². The van der Waals surface area contributed by atoms with Gasteiger partial charge < -0.3 is 10.5 Å². The van der Waals surface area contributed by atoms with Crippen LogP contribution in [0.4, 0.5) is 0 Å². The number of pyridine rings is 1. The Morgan fingerprint density at radius 3 is 2.44 bits per heavy atom. The van der Waals surface area contributed by atoms with Crippen molar-refractivity contribution < 1.29 is 14.3 Å². The number of amides is 1. The van der Waals surface area contributed by atoms with Crippen molar-refractivity contribution >= 4 is 22.6 Å². The maximum absolute atomic E-state index is 13.4. The van der Waals surface area contributed by atoms with Gasteiger partial charge in [0.05, 0.1) is 0 Å². The van der Waals surface area contributed by atoms with E-state index >= 15 is 0 Å². The Bertz CT molecular complexity index is 1240. The number of ether oxygens (including phenoxy) is 1. The number of nitrogens with zero attached hydrogens (tertiary/aromatic N) is 1. The van der Waals surface area contributed by atoms with Crippen molar-refractivity contribution in [3.8, 4) is 5.75 Å². The molecule has 34 heavy (non-hydrogen) atoms. The SMILES string of the molecule is NC(=O)C12CC3CC(C1)C(CC(=O)c1ccc4cccc(OCc5ccccc5)c4n1)C(C3)C2. The fourth-order valence-corrected chi connectivity index (χ4v) is 7.21. The zero-order chi connectivity index (χ0) is 23.3. The zero-order valence-electron chi connectivity index (χ0n) is 19.3. The standard InChI is InChI=1S/C29H30N2O3/c30-28(33)29-14-19-11-21(15-29)23(22(12-19)16-29)13-25(32)24-10-9-20-7-4-8-26(27(20)31-24)34-17-18-5-2-1-3-6-18/h1-10,19,21-23H,11-17H2,(H2,30,33). The number of rotatable bonds is 7. The molecular weight excluding hydrogens is 424 g/mol. The van der Waals surface area contributed by atoms with Gasteiger partial charge in [0.15, 0.2) is 5.78 Å². The number of hydrogen-bond acceptors (Lipinski definition) is 4. The van der Waals surface area contributed by atoms with Gasteiger partial charge in [-0.3, -0.25) is 9.59 Å². The van der Waals surface area contributed by atoms with E-state index in [2.05, 4.69) is 0 Å². The first-order valence-electron chi connectivity index (χ1n) is 12.4. The molecule has 0 aliphatic heterocycles. The number of aromatic nitrogens is 1. The Morgan fingerprint density at radius 1 is 0.941 bits per heavy atom. The molecule has 4 bridgehead atoms. The van der Waals surface area contributed by atoms with Gasteiger partial charge in [0, 0.05) is 17.2 Å². The highest BCUT2D eigenvalue weighted by Crippen LogP contribution is 2.62. The summed E-state index contributed by atoms with van der Waals surface area (Å²) < 4.78 is 6.08. The molecule has 4 aliphatic rings. The summed E-state index contributed by atoms with van der Waals surface area (Å²) in [5, 5.41) is 0.958. The summed E-state index contributed by atoms with van der Waals surface area (Å²) in [5.74, 6) is 2.43. The summed E-state index contributed by atoms with van der Waals surface area (Å²) in [5.41, 5.74) is 7.82. The lowest BCUT2D eigenvalue weighted by Crippen LogP contribution is -2.56. The Hall–Kier alpha value is -3.21. The molecule has 1 heterocycles. The lowest BCUT2D eigenvalue weighted by Gasteiger charge is -2.58. The van der Waals surface area contributed by atoms with Crippen molar-refractivity contribution in [2.75, 3.05) is 0 Å². The van der Waals surface area contributed by atoms with Crippen molar-refractivity contribution in [2.24, 2.45) is 34.8 Å². The van der Waals surface area contributed by atoms with E-state index < -0.39 is 0 Å². The van der Waals surface area contributed by atoms with Crippen LogP contribution in [-0.2, 0) is 11.4 Å². The highest BCUT2D eigenvalue weighted by molar-refractivity contribution is 5.97. The van der Waals surface area contributed by atoms with Gasteiger partial charge in [-0.25, -0.2) is 4.98 Å². The maximum atomic E-state index is 13.4. The van der Waals surface area contributed by atoms with Crippen LogP contribution in [-0.4, -0.2) is 16.7 Å². The van der Waals surface area contributed by atoms with Gasteiger partial charge in [-0.1, -0.05) is 48.5 Å². The Balaban J connectivity index is 1.21. The molecule has 5 nitrogen and oxygen atoms in total. The van der Waals surface area contributed by atoms with Crippen molar-refractivity contribution in [3.63, 3.8) is 0 Å². The normalized spacial score (nSPS) is 29.3. The molecule has 0 saturated heterocycles. The molecule has 5 heteroatoms. The van der Waals surface area contributed by atoms with Crippen molar-refractivity contribution in [3.05, 3.63) is 71.9 Å². The Kier molecular flexibility index (Phi) is 5.16. The minimum atomic E-state index is -0.317. The molecule has 0 spiro atoms. The summed E-state index contributed by atoms with van der Waals surface area (Å²) in [7, 11) is 0. The molecule has 4 saturated carbocycles. The number of hydrogen-bond donors (Lipinski definition) is 1. The fraction of sp³-hybridized carbons (Fsp3) is 0.414. The molecule has 3 aromatic rings. The van der Waals surface area contributed by atoms with Gasteiger partial charge in [0.1, 0.15) is 23.6 Å². The molecule has 2 unspecified atom stereocenters. The van der Waals surface area contributed by atoms with Crippen LogP contribution in [0, 0.1) is 29.1 Å². The minimum Gasteiger partial charge on any atom is -0.487 e. The first-order chi connectivity index (χ1) is 16.5. The molecule has 1 aromatic heterocycles. The van der Waals surface area contributed by atoms with Crippen LogP contribution in [0.2, 0.25) is 0 Å². The van der Waals surface area contributed by atoms with Crippen molar-refractivity contribution in [2.45, 2.75) is 45.1 Å². The van der Waals surface area contributed by atoms with E-state index in [0.29, 0.717) is 48.1 Å². The lowest BCUT2D eigenvalue weighted by molar-refractivity contribution is -0.149. The Labute approximate surface area is 199 Å². The average Bonchev–Trinajstić information content (AvgIpc) is 2.84. The average molecular weight is 455 g/mol. The lowest BCUT2D eigenvalue weighted by atomic mass is 9.45. The molecule has 0 radical (unpaired) electrons. The molecule has 174 valence electrons. The molecule has 4 fully saturated rings. The number of carbonyl (C=O) groups excluding carboxylic acids is 2. The van der Waals surface area contributed by atoms with Gasteiger partial charge in [-0.2, -0.15) is 0 Å². The highest BCUT2D eigenvalue weighted by atomic mass is 16.5. The van der Waals surface area contributed by atoms with E-state index in [-0.39, 0.29) is 17.1 Å². The van der Waals surface area contributed by atoms with Crippen molar-refractivity contribution in [1.82, 2.24) is 4.98 Å². The number of benzene rings is 2. The molecular formula is C29H30N2O3. The molecule has 2 N–H and O–H groups in total. The second-order valence-corrected chi connectivity index (χ2v) is 10.7. The van der Waals surface area contributed by atoms with E-state index in [0.717, 1.165) is 48.6 Å². The fourth-order valence-electron chi connectivity index (χ4n) is 7.21. The number of carbonyl (C=O) groups is 2. The summed E-state index contributed by atoms with van der Waals surface area (Å²) >= 11 is 0. The maximum Gasteiger partial charge on any atom is 0.223 e. The Morgan fingerprint density at radius 2 is 1.71 bits per heavy atom. The van der Waals surface area contributed by atoms with Crippen LogP contribution in [0.15, 0.2) is 60.7 Å². The quantitative estimate of drug-likeness (QED) is 0.490. The number of primary amides is 1. The number of ketones is 1. The zero-order valence-corrected chi connectivity index (χ0v) is 19.3. The van der Waals surface area contributed by atoms with Gasteiger partial charge >= 0.3 is 0 Å². The van der Waals surface area contributed by atoms with Crippen LogP contribution in [0.1, 0.15) is 54.6 Å². The first kappa shape index (κ1) is 21.3. The molecule has 7 rings (SSSR count). The van der Waals surface area contributed by atoms with Crippen LogP contribution in [0.3, 0.4) is 0 Å². The van der Waals surface area contributed by atoms with Crippen LogP contribution < -0.4 is 10.5 Å². The third-order valence-corrected chi connectivity index (χ3v) is 8.62. The number of fused-ring (bicyclic) bond motifs is 1. The third kappa shape index (κ3) is 3.67. The molecule has 1 amide bonds. The number of Topliss-reactive ketones (excluding diaryl/α,β-unsaturated/α-hetero) is 1. The molecule has 2 atom stereocenters. The van der Waals surface area contributed by atoms with E-state index in [9.17, 15) is 9.59 Å². The molecule has 4 aliphatic carbocycles. The van der Waals surface area contributed by atoms with Crippen LogP contribution in [0.5, 0.6) is 5.75 Å². The van der Waals surface area contributed by atoms with Crippen molar-refractivity contribution in [1.29, 1.82) is 0 Å². The highest BCUT2D eigenvalue weighted by Gasteiger charge is 2.57. The summed E-state index contributed by atoms with van der Waals surface area (Å²) in [6.07, 6.45) is 5.43. The molecule has 2 aromatic carbocycles. The predicted molar refractivity (Wildman–Crippen MR) is 130 cm³/mol. The summed E-state index contributed by atoms with van der Waals surface area (Å²) in [6, 6.07) is 19.7. The summed E-state index contributed by atoms with van der Waals surface area (Å²) in [6.45, 7) is 0.452. The van der Waals surface area contributed by atoms with Crippen LogP contribution >= 0.6 is 0 Å². The van der Waals surface area contributed by atoms with E-state index in [1.807, 2.05) is 60.7 Å². The smallest absolute Gasteiger partial charge is 0.223 e. The topological polar surface area (TPSA) is 82.3 Å². The second kappa shape index (κ2) is 8.23. The van der Waals surface area contributed by atoms with Crippen LogP contribution in [0.25, 0.3) is 10.9 Å². The summed E-state index contributed by atoms with van der Waals surface area (Å²) in [4.78, 5) is 30.4. The van der Waals surface area contributed by atoms with Gasteiger partial charge in [-0.15, -0.1) is 0 Å². The van der Waals surface area contributed by atoms with E-state index in [1.54, 1.807) is 0 Å². The van der Waals surface area contributed by atoms with Gasteiger partial charge in [-0.05, 0) is 73.5 Å².